The molecule has 1 amide bonds. The number of hydrogen-bond acceptors (Lipinski definition) is 4. The number of carboxylic acid groups (broad SMARTS) is 1. The molecule has 0 spiro atoms. The molecular formula is C19H18N2O3S. The average molecular weight is 354 g/mol. The molecule has 5 nitrogen and oxygen atoms in total. The Kier molecular flexibility index (Phi) is 4.72. The molecule has 1 atom stereocenters. The first kappa shape index (κ1) is 17.0. The Morgan fingerprint density at radius 3 is 2.40 bits per heavy atom. The molecule has 0 aliphatic carbocycles. The van der Waals surface area contributed by atoms with Crippen molar-refractivity contribution in [2.45, 2.75) is 13.0 Å². The van der Waals surface area contributed by atoms with Gasteiger partial charge in [-0.15, -0.1) is 11.3 Å². The summed E-state index contributed by atoms with van der Waals surface area (Å²) in [6.45, 7) is 1.88. The Morgan fingerprint density at radius 2 is 1.76 bits per heavy atom. The van der Waals surface area contributed by atoms with E-state index in [1.54, 1.807) is 31.3 Å². The van der Waals surface area contributed by atoms with Gasteiger partial charge in [0.05, 0.1) is 17.3 Å². The molecule has 1 aromatic heterocycles. The minimum absolute atomic E-state index is 0.152. The van der Waals surface area contributed by atoms with E-state index in [4.69, 9.17) is 5.11 Å². The Morgan fingerprint density at radius 1 is 1.08 bits per heavy atom. The highest BCUT2D eigenvalue weighted by Gasteiger charge is 2.19. The van der Waals surface area contributed by atoms with Crippen molar-refractivity contribution in [2.24, 2.45) is 0 Å². The summed E-state index contributed by atoms with van der Waals surface area (Å²) < 4.78 is 1.05. The summed E-state index contributed by atoms with van der Waals surface area (Å²) in [5, 5.41) is 16.1. The highest BCUT2D eigenvalue weighted by Crippen LogP contribution is 2.35. The third kappa shape index (κ3) is 3.34. The molecule has 0 saturated heterocycles. The first-order valence-corrected chi connectivity index (χ1v) is 8.66. The monoisotopic (exact) mass is 354 g/mol. The summed E-state index contributed by atoms with van der Waals surface area (Å²) in [4.78, 5) is 24.3. The fourth-order valence-electron chi connectivity index (χ4n) is 2.71. The molecule has 25 heavy (non-hydrogen) atoms. The van der Waals surface area contributed by atoms with Crippen LogP contribution in [0.1, 0.15) is 38.6 Å². The van der Waals surface area contributed by atoms with E-state index in [0.717, 1.165) is 21.3 Å². The number of carbonyl (C=O) groups is 2. The van der Waals surface area contributed by atoms with Crippen molar-refractivity contribution >= 4 is 39.0 Å². The van der Waals surface area contributed by atoms with Gasteiger partial charge in [0.1, 0.15) is 4.88 Å². The van der Waals surface area contributed by atoms with Crippen molar-refractivity contribution in [3.05, 3.63) is 64.5 Å². The second-order valence-electron chi connectivity index (χ2n) is 5.67. The largest absolute Gasteiger partial charge is 0.478 e. The van der Waals surface area contributed by atoms with Crippen LogP contribution in [0.4, 0.5) is 5.69 Å². The molecule has 0 aliphatic heterocycles. The number of fused-ring (bicyclic) bond motifs is 1. The van der Waals surface area contributed by atoms with Crippen LogP contribution < -0.4 is 10.6 Å². The summed E-state index contributed by atoms with van der Waals surface area (Å²) in [5.74, 6) is -1.12. The lowest BCUT2D eigenvalue weighted by Gasteiger charge is -2.14. The van der Waals surface area contributed by atoms with E-state index in [2.05, 4.69) is 10.6 Å². The van der Waals surface area contributed by atoms with Gasteiger partial charge in [0.15, 0.2) is 0 Å². The number of rotatable bonds is 5. The van der Waals surface area contributed by atoms with Crippen LogP contribution in [0, 0.1) is 0 Å². The number of amides is 1. The van der Waals surface area contributed by atoms with Crippen molar-refractivity contribution in [3.63, 3.8) is 0 Å². The van der Waals surface area contributed by atoms with Gasteiger partial charge in [-0.05, 0) is 30.7 Å². The van der Waals surface area contributed by atoms with Gasteiger partial charge in [-0.1, -0.05) is 30.3 Å². The van der Waals surface area contributed by atoms with Gasteiger partial charge < -0.3 is 15.7 Å². The molecule has 3 rings (SSSR count). The molecule has 0 bridgehead atoms. The zero-order valence-corrected chi connectivity index (χ0v) is 14.7. The summed E-state index contributed by atoms with van der Waals surface area (Å²) in [6.07, 6.45) is 0. The van der Waals surface area contributed by atoms with Crippen molar-refractivity contribution < 1.29 is 14.7 Å². The maximum Gasteiger partial charge on any atom is 0.335 e. The maximum absolute atomic E-state index is 12.7. The summed E-state index contributed by atoms with van der Waals surface area (Å²) >= 11 is 1.45. The van der Waals surface area contributed by atoms with Crippen LogP contribution >= 0.6 is 11.3 Å². The third-order valence-electron chi connectivity index (χ3n) is 4.06. The minimum atomic E-state index is -0.966. The Hall–Kier alpha value is -2.86. The molecule has 0 aliphatic rings. The van der Waals surface area contributed by atoms with E-state index < -0.39 is 5.97 Å². The second-order valence-corrected chi connectivity index (χ2v) is 6.73. The van der Waals surface area contributed by atoms with Gasteiger partial charge in [0.25, 0.3) is 5.91 Å². The van der Waals surface area contributed by atoms with E-state index in [0.29, 0.717) is 4.88 Å². The van der Waals surface area contributed by atoms with Crippen LogP contribution in [-0.4, -0.2) is 24.0 Å². The molecule has 0 unspecified atom stereocenters. The standard InChI is InChI=1S/C19H18N2O3S/c1-11(12-7-9-13(10-8-12)19(23)24)21-18(22)17-16(20-2)14-5-3-4-6-15(14)25-17/h3-11,20H,1-2H3,(H,21,22)(H,23,24)/t11-/m0/s1. The minimum Gasteiger partial charge on any atom is -0.478 e. The second kappa shape index (κ2) is 6.94. The van der Waals surface area contributed by atoms with E-state index >= 15 is 0 Å². The van der Waals surface area contributed by atoms with Crippen molar-refractivity contribution in [3.8, 4) is 0 Å². The number of hydrogen-bond donors (Lipinski definition) is 3. The Bertz CT molecular complexity index is 931. The fourth-order valence-corrected chi connectivity index (χ4v) is 3.83. The number of carbonyl (C=O) groups excluding carboxylic acids is 1. The quantitative estimate of drug-likeness (QED) is 0.644. The van der Waals surface area contributed by atoms with Crippen LogP contribution in [0.3, 0.4) is 0 Å². The molecule has 0 saturated carbocycles. The van der Waals surface area contributed by atoms with Gasteiger partial charge >= 0.3 is 5.97 Å². The third-order valence-corrected chi connectivity index (χ3v) is 5.23. The molecule has 0 radical (unpaired) electrons. The van der Waals surface area contributed by atoms with Crippen LogP contribution in [0.2, 0.25) is 0 Å². The molecule has 2 aromatic carbocycles. The van der Waals surface area contributed by atoms with Crippen LogP contribution in [0.5, 0.6) is 0 Å². The van der Waals surface area contributed by atoms with E-state index in [1.165, 1.54) is 11.3 Å². The molecule has 0 fully saturated rings. The van der Waals surface area contributed by atoms with E-state index in [1.807, 2.05) is 31.2 Å². The van der Waals surface area contributed by atoms with Crippen LogP contribution in [0.25, 0.3) is 10.1 Å². The number of carboxylic acids is 1. The Labute approximate surface area is 149 Å². The highest BCUT2D eigenvalue weighted by atomic mass is 32.1. The zero-order chi connectivity index (χ0) is 18.0. The van der Waals surface area contributed by atoms with Gasteiger partial charge in [-0.3, -0.25) is 4.79 Å². The fraction of sp³-hybridized carbons (Fsp3) is 0.158. The smallest absolute Gasteiger partial charge is 0.335 e. The number of aromatic carboxylic acids is 1. The molecular weight excluding hydrogens is 336 g/mol. The van der Waals surface area contributed by atoms with Crippen molar-refractivity contribution in [1.29, 1.82) is 0 Å². The van der Waals surface area contributed by atoms with Gasteiger partial charge in [0.2, 0.25) is 0 Å². The molecule has 3 N–H and O–H groups in total. The van der Waals surface area contributed by atoms with Crippen LogP contribution in [-0.2, 0) is 0 Å². The zero-order valence-electron chi connectivity index (χ0n) is 13.9. The molecule has 3 aromatic rings. The predicted molar refractivity (Wildman–Crippen MR) is 101 cm³/mol. The Balaban J connectivity index is 1.83. The highest BCUT2D eigenvalue weighted by molar-refractivity contribution is 7.21. The molecule has 1 heterocycles. The number of thiophene rings is 1. The number of nitrogens with one attached hydrogen (secondary N) is 2. The van der Waals surface area contributed by atoms with E-state index in [-0.39, 0.29) is 17.5 Å². The average Bonchev–Trinajstić information content (AvgIpc) is 3.00. The number of benzene rings is 2. The molecule has 6 heteroatoms. The summed E-state index contributed by atoms with van der Waals surface area (Å²) in [5.41, 5.74) is 1.90. The summed E-state index contributed by atoms with van der Waals surface area (Å²) in [6, 6.07) is 14.2. The lowest BCUT2D eigenvalue weighted by Crippen LogP contribution is -2.26. The number of anilines is 1. The normalized spacial score (nSPS) is 11.9. The maximum atomic E-state index is 12.7. The predicted octanol–water partition coefficient (Wildman–Crippen LogP) is 4.13. The topological polar surface area (TPSA) is 78.4 Å². The van der Waals surface area contributed by atoms with Gasteiger partial charge in [0, 0.05) is 17.1 Å². The summed E-state index contributed by atoms with van der Waals surface area (Å²) in [7, 11) is 1.80. The lowest BCUT2D eigenvalue weighted by molar-refractivity contribution is 0.0696. The molecule has 128 valence electrons. The van der Waals surface area contributed by atoms with Gasteiger partial charge in [-0.2, -0.15) is 0 Å². The van der Waals surface area contributed by atoms with Crippen molar-refractivity contribution in [1.82, 2.24) is 5.32 Å². The first-order valence-electron chi connectivity index (χ1n) is 7.84. The SMILES string of the molecule is CNc1c(C(=O)N[C@@H](C)c2ccc(C(=O)O)cc2)sc2ccccc12. The van der Waals surface area contributed by atoms with Crippen LogP contribution in [0.15, 0.2) is 48.5 Å². The van der Waals surface area contributed by atoms with Crippen molar-refractivity contribution in [2.75, 3.05) is 12.4 Å². The van der Waals surface area contributed by atoms with E-state index in [9.17, 15) is 9.59 Å². The van der Waals surface area contributed by atoms with Gasteiger partial charge in [-0.25, -0.2) is 4.79 Å². The first-order chi connectivity index (χ1) is 12.0. The lowest BCUT2D eigenvalue weighted by atomic mass is 10.1.